The van der Waals surface area contributed by atoms with Crippen molar-refractivity contribution < 1.29 is 23.8 Å². The zero-order valence-corrected chi connectivity index (χ0v) is 13.1. The maximum absolute atomic E-state index is 12.8. The predicted molar refractivity (Wildman–Crippen MR) is 82.8 cm³/mol. The second kappa shape index (κ2) is 6.37. The van der Waals surface area contributed by atoms with E-state index in [1.165, 1.54) is 24.3 Å². The number of β-amino-alcohol motifs (C(OH)–C–C–N with tert-alkyl or cyclic N) is 1. The number of aliphatic hydroxyl groups excluding tert-OH is 1. The van der Waals surface area contributed by atoms with Crippen LogP contribution in [0.3, 0.4) is 0 Å². The van der Waals surface area contributed by atoms with Crippen LogP contribution >= 0.6 is 11.8 Å². The predicted octanol–water partition coefficient (Wildman–Crippen LogP) is 0.993. The molecule has 1 spiro atoms. The average Bonchev–Trinajstić information content (AvgIpc) is 3.08. The quantitative estimate of drug-likeness (QED) is 0.782. The lowest BCUT2D eigenvalue weighted by Crippen LogP contribution is -2.47. The molecule has 2 saturated heterocycles. The lowest BCUT2D eigenvalue weighted by molar-refractivity contribution is -0.131. The second-order valence-corrected chi connectivity index (χ2v) is 6.75. The first-order valence-corrected chi connectivity index (χ1v) is 8.44. The minimum absolute atomic E-state index is 0.0928. The molecule has 8 heteroatoms. The van der Waals surface area contributed by atoms with Crippen molar-refractivity contribution in [1.82, 2.24) is 10.2 Å². The molecule has 0 unspecified atom stereocenters. The third-order valence-corrected chi connectivity index (χ3v) is 5.11. The summed E-state index contributed by atoms with van der Waals surface area (Å²) < 4.78 is 18.1. The van der Waals surface area contributed by atoms with Crippen molar-refractivity contribution in [2.45, 2.75) is 18.1 Å². The van der Waals surface area contributed by atoms with Gasteiger partial charge in [-0.2, -0.15) is 11.8 Å². The van der Waals surface area contributed by atoms with Crippen molar-refractivity contribution >= 4 is 23.7 Å². The van der Waals surface area contributed by atoms with Crippen molar-refractivity contribution in [2.24, 2.45) is 0 Å². The van der Waals surface area contributed by atoms with Gasteiger partial charge in [0.1, 0.15) is 29.8 Å². The number of nitrogens with one attached hydrogen (secondary N) is 1. The van der Waals surface area contributed by atoms with Crippen LogP contribution in [0.1, 0.15) is 6.42 Å². The molecule has 2 N–H and O–H groups in total. The van der Waals surface area contributed by atoms with Gasteiger partial charge in [0.2, 0.25) is 0 Å². The molecule has 0 aliphatic carbocycles. The van der Waals surface area contributed by atoms with Gasteiger partial charge in [-0.1, -0.05) is 0 Å². The summed E-state index contributed by atoms with van der Waals surface area (Å²) in [5.41, 5.74) is -0.806. The Kier molecular flexibility index (Phi) is 4.45. The standard InChI is InChI=1S/C15H17FN2O4S/c16-10-1-3-12(4-2-10)22-8-11(19)7-18-13(20)15(17-14(18)21)5-6-23-9-15/h1-4,11,19H,5-9H2,(H,17,21)/t11-,15+/m1/s1. The highest BCUT2D eigenvalue weighted by molar-refractivity contribution is 7.99. The first-order chi connectivity index (χ1) is 11.0. The SMILES string of the molecule is O=C1N[C@]2(CCSC2)C(=O)N1C[C@@H](O)COc1ccc(F)cc1. The minimum Gasteiger partial charge on any atom is -0.491 e. The number of amides is 3. The highest BCUT2D eigenvalue weighted by Gasteiger charge is 2.53. The first kappa shape index (κ1) is 16.1. The number of imide groups is 1. The van der Waals surface area contributed by atoms with Crippen molar-refractivity contribution in [3.63, 3.8) is 0 Å². The van der Waals surface area contributed by atoms with E-state index in [9.17, 15) is 19.1 Å². The molecule has 1 aromatic carbocycles. The number of halogens is 1. The lowest BCUT2D eigenvalue weighted by Gasteiger charge is -2.21. The number of carbonyl (C=O) groups excluding carboxylic acids is 2. The summed E-state index contributed by atoms with van der Waals surface area (Å²) >= 11 is 1.63. The fourth-order valence-corrected chi connectivity index (χ4v) is 3.99. The number of carbonyl (C=O) groups is 2. The van der Waals surface area contributed by atoms with Gasteiger partial charge in [-0.15, -0.1) is 0 Å². The van der Waals surface area contributed by atoms with Gasteiger partial charge >= 0.3 is 6.03 Å². The molecule has 2 heterocycles. The molecule has 23 heavy (non-hydrogen) atoms. The number of nitrogens with zero attached hydrogens (tertiary/aromatic N) is 1. The van der Waals surface area contributed by atoms with E-state index in [1.807, 2.05) is 0 Å². The lowest BCUT2D eigenvalue weighted by atomic mass is 9.99. The topological polar surface area (TPSA) is 78.9 Å². The summed E-state index contributed by atoms with van der Waals surface area (Å²) in [5.74, 6) is 1.14. The Morgan fingerprint density at radius 1 is 1.39 bits per heavy atom. The van der Waals surface area contributed by atoms with Gasteiger partial charge < -0.3 is 15.2 Å². The van der Waals surface area contributed by atoms with Crippen LogP contribution in [0.2, 0.25) is 0 Å². The molecule has 3 amide bonds. The zero-order valence-electron chi connectivity index (χ0n) is 12.3. The number of ether oxygens (including phenoxy) is 1. The van der Waals surface area contributed by atoms with Gasteiger partial charge in [0, 0.05) is 5.75 Å². The van der Waals surface area contributed by atoms with Crippen LogP contribution in [0.5, 0.6) is 5.75 Å². The van der Waals surface area contributed by atoms with E-state index in [-0.39, 0.29) is 24.9 Å². The Bertz CT molecular complexity index is 604. The second-order valence-electron chi connectivity index (χ2n) is 5.65. The largest absolute Gasteiger partial charge is 0.491 e. The Balaban J connectivity index is 1.55. The molecule has 3 rings (SSSR count). The summed E-state index contributed by atoms with van der Waals surface area (Å²) in [7, 11) is 0. The molecule has 0 radical (unpaired) electrons. The molecule has 0 saturated carbocycles. The van der Waals surface area contributed by atoms with E-state index < -0.39 is 17.7 Å². The Morgan fingerprint density at radius 3 is 2.78 bits per heavy atom. The van der Waals surface area contributed by atoms with Gasteiger partial charge in [0.25, 0.3) is 5.91 Å². The Labute approximate surface area is 137 Å². The number of benzene rings is 1. The van der Waals surface area contributed by atoms with Crippen LogP contribution in [-0.4, -0.2) is 58.2 Å². The van der Waals surface area contributed by atoms with Crippen LogP contribution in [-0.2, 0) is 4.79 Å². The first-order valence-electron chi connectivity index (χ1n) is 7.28. The van der Waals surface area contributed by atoms with Crippen molar-refractivity contribution in [3.05, 3.63) is 30.1 Å². The van der Waals surface area contributed by atoms with Crippen LogP contribution in [0.4, 0.5) is 9.18 Å². The highest BCUT2D eigenvalue weighted by Crippen LogP contribution is 2.33. The smallest absolute Gasteiger partial charge is 0.325 e. The van der Waals surface area contributed by atoms with E-state index in [0.29, 0.717) is 17.9 Å². The summed E-state index contributed by atoms with van der Waals surface area (Å²) in [5, 5.41) is 12.8. The average molecular weight is 340 g/mol. The van der Waals surface area contributed by atoms with Crippen LogP contribution in [0.25, 0.3) is 0 Å². The minimum atomic E-state index is -1.01. The van der Waals surface area contributed by atoms with Crippen molar-refractivity contribution in [1.29, 1.82) is 0 Å². The summed E-state index contributed by atoms with van der Waals surface area (Å²) in [6.45, 7) is -0.220. The molecule has 0 aromatic heterocycles. The highest BCUT2D eigenvalue weighted by atomic mass is 32.2. The van der Waals surface area contributed by atoms with Crippen molar-refractivity contribution in [2.75, 3.05) is 24.7 Å². The Hall–Kier alpha value is -1.80. The van der Waals surface area contributed by atoms with Gasteiger partial charge in [0.15, 0.2) is 0 Å². The van der Waals surface area contributed by atoms with Gasteiger partial charge in [-0.3, -0.25) is 9.69 Å². The third kappa shape index (κ3) is 3.28. The molecule has 0 bridgehead atoms. The van der Waals surface area contributed by atoms with Gasteiger partial charge in [-0.25, -0.2) is 9.18 Å². The molecule has 2 aliphatic rings. The van der Waals surface area contributed by atoms with E-state index in [0.717, 1.165) is 10.7 Å². The zero-order chi connectivity index (χ0) is 16.4. The molecule has 2 atom stereocenters. The van der Waals surface area contributed by atoms with Gasteiger partial charge in [-0.05, 0) is 36.4 Å². The number of aliphatic hydroxyl groups is 1. The van der Waals surface area contributed by atoms with Crippen LogP contribution < -0.4 is 10.1 Å². The van der Waals surface area contributed by atoms with E-state index in [4.69, 9.17) is 4.74 Å². The van der Waals surface area contributed by atoms with Crippen LogP contribution in [0, 0.1) is 5.82 Å². The normalized spacial score (nSPS) is 25.0. The van der Waals surface area contributed by atoms with Gasteiger partial charge in [0.05, 0.1) is 6.54 Å². The monoisotopic (exact) mass is 340 g/mol. The maximum atomic E-state index is 12.8. The molecule has 6 nitrogen and oxygen atoms in total. The van der Waals surface area contributed by atoms with E-state index in [2.05, 4.69) is 5.32 Å². The summed E-state index contributed by atoms with van der Waals surface area (Å²) in [6.07, 6.45) is -0.403. The molecular weight excluding hydrogens is 323 g/mol. The number of thioether (sulfide) groups is 1. The number of hydrogen-bond acceptors (Lipinski definition) is 5. The van der Waals surface area contributed by atoms with Crippen molar-refractivity contribution in [3.8, 4) is 5.75 Å². The Morgan fingerprint density at radius 2 is 2.13 bits per heavy atom. The molecular formula is C15H17FN2O4S. The molecule has 1 aromatic rings. The number of rotatable bonds is 5. The molecule has 2 fully saturated rings. The molecule has 124 valence electrons. The van der Waals surface area contributed by atoms with E-state index >= 15 is 0 Å². The summed E-state index contributed by atoms with van der Waals surface area (Å²) in [4.78, 5) is 25.5. The number of urea groups is 1. The molecule has 2 aliphatic heterocycles. The fraction of sp³-hybridized carbons (Fsp3) is 0.467. The van der Waals surface area contributed by atoms with E-state index in [1.54, 1.807) is 11.8 Å². The fourth-order valence-electron chi connectivity index (χ4n) is 2.66. The van der Waals surface area contributed by atoms with Crippen LogP contribution in [0.15, 0.2) is 24.3 Å². The third-order valence-electron chi connectivity index (χ3n) is 3.92. The maximum Gasteiger partial charge on any atom is 0.325 e. The summed E-state index contributed by atoms with van der Waals surface area (Å²) in [6, 6.07) is 4.92. The number of hydrogen-bond donors (Lipinski definition) is 2.